The van der Waals surface area contributed by atoms with Gasteiger partial charge in [-0.25, -0.2) is 9.37 Å². The molecule has 4 amide bonds. The minimum absolute atomic E-state index is 0.0123. The van der Waals surface area contributed by atoms with Crippen LogP contribution >= 0.6 is 0 Å². The van der Waals surface area contributed by atoms with Gasteiger partial charge in [0, 0.05) is 67.7 Å². The lowest BCUT2D eigenvalue weighted by Crippen LogP contribution is -2.51. The molecule has 2 atom stereocenters. The lowest BCUT2D eigenvalue weighted by atomic mass is 9.63. The van der Waals surface area contributed by atoms with Gasteiger partial charge in [-0.1, -0.05) is 0 Å². The first-order chi connectivity index (χ1) is 28.0. The molecule has 3 N–H and O–H groups in total. The number of nitrogens with one attached hydrogen (secondary N) is 3. The third kappa shape index (κ3) is 7.01. The van der Waals surface area contributed by atoms with Crippen molar-refractivity contribution in [1.29, 1.82) is 0 Å². The van der Waals surface area contributed by atoms with Gasteiger partial charge in [0.25, 0.3) is 0 Å². The third-order valence-electron chi connectivity index (χ3n) is 13.7. The second kappa shape index (κ2) is 15.0. The van der Waals surface area contributed by atoms with Gasteiger partial charge < -0.3 is 30.2 Å². The van der Waals surface area contributed by atoms with Crippen molar-refractivity contribution in [2.75, 3.05) is 72.2 Å². The summed E-state index contributed by atoms with van der Waals surface area (Å²) in [6, 6.07) is 10.5. The van der Waals surface area contributed by atoms with E-state index in [1.807, 2.05) is 24.3 Å². The molecule has 9 rings (SSSR count). The van der Waals surface area contributed by atoms with Crippen molar-refractivity contribution in [3.05, 3.63) is 54.0 Å². The minimum Gasteiger partial charge on any atom is -0.369 e. The van der Waals surface area contributed by atoms with Crippen LogP contribution in [0.1, 0.15) is 69.8 Å². The average Bonchev–Trinajstić information content (AvgIpc) is 3.97. The van der Waals surface area contributed by atoms with Gasteiger partial charge in [0.1, 0.15) is 17.5 Å². The molecule has 4 aliphatic heterocycles. The average molecular weight is 812 g/mol. The predicted molar refractivity (Wildman–Crippen MR) is 219 cm³/mol. The van der Waals surface area contributed by atoms with E-state index in [4.69, 9.17) is 0 Å². The van der Waals surface area contributed by atoms with Gasteiger partial charge in [-0.05, 0) is 119 Å². The number of imide groups is 1. The number of likely N-dealkylation sites (tertiary alicyclic amines) is 1. The van der Waals surface area contributed by atoms with Gasteiger partial charge in [0.05, 0.1) is 27.6 Å². The molecule has 2 saturated carbocycles. The van der Waals surface area contributed by atoms with Gasteiger partial charge in [-0.3, -0.25) is 28.7 Å². The first-order valence-corrected chi connectivity index (χ1v) is 21.7. The van der Waals surface area contributed by atoms with E-state index in [-0.39, 0.29) is 34.6 Å². The highest BCUT2D eigenvalue weighted by Crippen LogP contribution is 2.55. The molecule has 3 saturated heterocycles. The number of likely N-dealkylation sites (N-methyl/N-ethyl adjacent to an activating group) is 1. The Kier molecular flexibility index (Phi) is 9.98. The van der Waals surface area contributed by atoms with Crippen LogP contribution in [0.4, 0.5) is 38.9 Å². The monoisotopic (exact) mass is 811 g/mol. The van der Waals surface area contributed by atoms with Gasteiger partial charge in [-0.2, -0.15) is 4.98 Å². The third-order valence-corrected chi connectivity index (χ3v) is 15.4. The summed E-state index contributed by atoms with van der Waals surface area (Å²) in [6.45, 7) is 4.50. The molecule has 3 aromatic rings. The number of aromatic nitrogens is 2. The van der Waals surface area contributed by atoms with E-state index in [0.717, 1.165) is 87.1 Å². The molecule has 0 radical (unpaired) electrons. The molecule has 2 aromatic carbocycles. The Bertz CT molecular complexity index is 2160. The lowest BCUT2D eigenvalue weighted by Gasteiger charge is -2.52. The maximum atomic E-state index is 16.3. The normalized spacial score (nSPS) is 23.2. The first-order valence-electron chi connectivity index (χ1n) is 20.5. The van der Waals surface area contributed by atoms with Crippen molar-refractivity contribution < 1.29 is 27.8 Å². The number of amides is 4. The van der Waals surface area contributed by atoms with Gasteiger partial charge in [-0.15, -0.1) is 0 Å². The van der Waals surface area contributed by atoms with E-state index >= 15 is 4.39 Å². The number of carbonyl (C=O) groups is 4. The fourth-order valence-corrected chi connectivity index (χ4v) is 11.7. The van der Waals surface area contributed by atoms with Crippen molar-refractivity contribution in [2.24, 2.45) is 11.3 Å². The zero-order valence-corrected chi connectivity index (χ0v) is 33.8. The van der Waals surface area contributed by atoms with Gasteiger partial charge in [0.2, 0.25) is 30.1 Å². The summed E-state index contributed by atoms with van der Waals surface area (Å²) in [4.78, 5) is 65.8. The molecule has 0 bridgehead atoms. The molecule has 14 nitrogen and oxygen atoms in total. The highest BCUT2D eigenvalue weighted by Gasteiger charge is 2.57. The minimum atomic E-state index is -1.08. The molecule has 5 heterocycles. The summed E-state index contributed by atoms with van der Waals surface area (Å²) in [5, 5.41) is 8.62. The van der Waals surface area contributed by atoms with Gasteiger partial charge in [0.15, 0.2) is 5.82 Å². The van der Waals surface area contributed by atoms with E-state index in [2.05, 4.69) is 35.7 Å². The van der Waals surface area contributed by atoms with Crippen LogP contribution in [0.25, 0.3) is 0 Å². The quantitative estimate of drug-likeness (QED) is 0.186. The molecule has 2 spiro atoms. The summed E-state index contributed by atoms with van der Waals surface area (Å²) in [5.41, 5.74) is 2.51. The maximum Gasteiger partial charge on any atom is 0.249 e. The number of rotatable bonds is 11. The summed E-state index contributed by atoms with van der Waals surface area (Å²) >= 11 is 0. The molecule has 2 aliphatic carbocycles. The molecule has 5 fully saturated rings. The summed E-state index contributed by atoms with van der Waals surface area (Å²) in [6.07, 6.45) is 10.6. The summed E-state index contributed by atoms with van der Waals surface area (Å²) < 4.78 is 29.9. The van der Waals surface area contributed by atoms with Crippen LogP contribution in [0.15, 0.2) is 47.5 Å². The van der Waals surface area contributed by atoms with E-state index in [9.17, 15) is 23.4 Å². The van der Waals surface area contributed by atoms with E-state index in [1.165, 1.54) is 11.9 Å². The zero-order valence-electron chi connectivity index (χ0n) is 33.0. The Morgan fingerprint density at radius 3 is 2.36 bits per heavy atom. The largest absolute Gasteiger partial charge is 0.369 e. The number of halogens is 1. The number of nitrogens with zero attached hydrogens (tertiary/aromatic N) is 6. The van der Waals surface area contributed by atoms with E-state index in [1.54, 1.807) is 30.3 Å². The first kappa shape index (κ1) is 38.6. The van der Waals surface area contributed by atoms with Crippen LogP contribution in [0.3, 0.4) is 0 Å². The number of anilines is 6. The Morgan fingerprint density at radius 1 is 0.966 bits per heavy atom. The van der Waals surface area contributed by atoms with Gasteiger partial charge >= 0.3 is 0 Å². The molecule has 1 aromatic heterocycles. The number of piperidine rings is 3. The van der Waals surface area contributed by atoms with Crippen LogP contribution in [0.2, 0.25) is 0 Å². The SMILES string of the molecule is CN(C=O)c1c(N(C)C2CCC(=O)NC2=O)ccc(N2CCC(CN3CCC4(CC3)CC(S(=O)c3ccc(Nc5ncc6c(n5)NC(=O)C65CC5)cc3)C4)CC2)c1F. The smallest absolute Gasteiger partial charge is 0.249 e. The number of carbonyl (C=O) groups excluding carboxylic acids is 4. The predicted octanol–water partition coefficient (Wildman–Crippen LogP) is 4.45. The fourth-order valence-electron chi connectivity index (χ4n) is 9.93. The molecule has 58 heavy (non-hydrogen) atoms. The molecule has 306 valence electrons. The second-order valence-corrected chi connectivity index (χ2v) is 19.0. The Balaban J connectivity index is 0.736. The van der Waals surface area contributed by atoms with E-state index < -0.39 is 34.0 Å². The fraction of sp³-hybridized carbons (Fsp3) is 0.524. The lowest BCUT2D eigenvalue weighted by molar-refractivity contribution is -0.134. The topological polar surface area (TPSA) is 160 Å². The van der Waals surface area contributed by atoms with Crippen molar-refractivity contribution in [3.63, 3.8) is 0 Å². The molecule has 6 aliphatic rings. The second-order valence-electron chi connectivity index (χ2n) is 17.3. The number of hydrogen-bond donors (Lipinski definition) is 3. The van der Waals surface area contributed by atoms with Crippen LogP contribution in [-0.4, -0.2) is 101 Å². The Hall–Kier alpha value is -4.96. The van der Waals surface area contributed by atoms with Crippen molar-refractivity contribution >= 4 is 69.4 Å². The van der Waals surface area contributed by atoms with E-state index in [0.29, 0.717) is 55.0 Å². The summed E-state index contributed by atoms with van der Waals surface area (Å²) in [5.74, 6) is 0.273. The standard InChI is InChI=1S/C42H50FN9O5S/c1-49(25-53)36-32(50(2)33-9-10-34(54)46-38(33)55)8-7-31(35(36)43)52-17-11-26(12-18-52)24-51-19-15-41(16-20-51)21-29(22-41)58(57)28-5-3-27(4-6-28)45-40-44-23-30-37(48-40)47-39(56)42(30)13-14-42/h3-8,23,25-26,29,33H,9-22,24H2,1-2H3,(H,46,54,55)(H2,44,45,47,48,56). The van der Waals surface area contributed by atoms with Crippen LogP contribution in [-0.2, 0) is 35.4 Å². The highest BCUT2D eigenvalue weighted by atomic mass is 32.2. The van der Waals surface area contributed by atoms with Crippen molar-refractivity contribution in [2.45, 2.75) is 85.8 Å². The van der Waals surface area contributed by atoms with Crippen molar-refractivity contribution in [3.8, 4) is 0 Å². The zero-order chi connectivity index (χ0) is 40.3. The van der Waals surface area contributed by atoms with Crippen molar-refractivity contribution in [1.82, 2.24) is 20.2 Å². The highest BCUT2D eigenvalue weighted by molar-refractivity contribution is 7.85. The van der Waals surface area contributed by atoms with Crippen LogP contribution in [0.5, 0.6) is 0 Å². The number of fused-ring (bicyclic) bond motifs is 2. The molecule has 16 heteroatoms. The van der Waals surface area contributed by atoms with Crippen LogP contribution in [0, 0.1) is 17.2 Å². The Labute approximate surface area is 339 Å². The summed E-state index contributed by atoms with van der Waals surface area (Å²) in [7, 11) is 2.12. The number of hydrogen-bond acceptors (Lipinski definition) is 11. The maximum absolute atomic E-state index is 16.3. The molecular weight excluding hydrogens is 762 g/mol. The van der Waals surface area contributed by atoms with Crippen LogP contribution < -0.4 is 30.7 Å². The molecule has 2 unspecified atom stereocenters. The Morgan fingerprint density at radius 2 is 1.69 bits per heavy atom. The molecular formula is C42H50FN9O5S. The number of benzene rings is 2.